The number of aliphatic hydroxyl groups is 6. The number of hydrogen-bond donors (Lipinski definition) is 7. The molecule has 12 heteroatoms. The van der Waals surface area contributed by atoms with Crippen LogP contribution < -0.4 is 14.2 Å². The van der Waals surface area contributed by atoms with Gasteiger partial charge in [-0.2, -0.15) is 0 Å². The van der Waals surface area contributed by atoms with Crippen LogP contribution in [0.1, 0.15) is 23.7 Å². The minimum absolute atomic E-state index is 0.0826. The Kier molecular flexibility index (Phi) is 10.9. The van der Waals surface area contributed by atoms with Crippen molar-refractivity contribution in [1.29, 1.82) is 0 Å². The number of methoxy groups -OCH3 is 2. The van der Waals surface area contributed by atoms with Crippen molar-refractivity contribution in [3.05, 3.63) is 47.5 Å². The lowest BCUT2D eigenvalue weighted by Gasteiger charge is -2.39. The monoisotopic (exact) mass is 540 g/mol. The molecule has 0 spiro atoms. The number of aliphatic hydroxyl groups excluding tert-OH is 6. The largest absolute Gasteiger partial charge is 0.504 e. The number of aryl methyl sites for hydroxylation is 1. The van der Waals surface area contributed by atoms with Crippen molar-refractivity contribution in [3.63, 3.8) is 0 Å². The molecule has 1 fully saturated rings. The van der Waals surface area contributed by atoms with Crippen LogP contribution in [0.5, 0.6) is 23.0 Å². The Morgan fingerprint density at radius 3 is 2.29 bits per heavy atom. The van der Waals surface area contributed by atoms with Crippen LogP contribution in [0.2, 0.25) is 0 Å². The highest BCUT2D eigenvalue weighted by molar-refractivity contribution is 5.44. The number of benzene rings is 2. The molecule has 2 aromatic carbocycles. The van der Waals surface area contributed by atoms with Crippen molar-refractivity contribution < 1.29 is 59.4 Å². The summed E-state index contributed by atoms with van der Waals surface area (Å²) in [6.45, 7) is -0.862. The summed E-state index contributed by atoms with van der Waals surface area (Å²) < 4.78 is 27.2. The van der Waals surface area contributed by atoms with E-state index in [1.54, 1.807) is 18.2 Å². The lowest BCUT2D eigenvalue weighted by molar-refractivity contribution is -0.301. The van der Waals surface area contributed by atoms with Gasteiger partial charge in [0.1, 0.15) is 30.5 Å². The second-order valence-electron chi connectivity index (χ2n) is 8.87. The zero-order valence-corrected chi connectivity index (χ0v) is 21.2. The quantitative estimate of drug-likeness (QED) is 0.164. The fourth-order valence-corrected chi connectivity index (χ4v) is 4.10. The fraction of sp³-hybridized carbons (Fsp3) is 0.538. The smallest absolute Gasteiger partial charge is 0.186 e. The van der Waals surface area contributed by atoms with Gasteiger partial charge in [0.2, 0.25) is 0 Å². The SMILES string of the molecule is COc1cc([C@H](O)[C@H](CO)Oc2ccc(CCCO[C@@H]3O[C@@H](CO)[C@@H](O)[C@@H](O)[C@H]3O)cc2OC)ccc1O. The van der Waals surface area contributed by atoms with E-state index in [2.05, 4.69) is 0 Å². The van der Waals surface area contributed by atoms with E-state index in [0.29, 0.717) is 29.9 Å². The Morgan fingerprint density at radius 2 is 1.63 bits per heavy atom. The lowest BCUT2D eigenvalue weighted by Crippen LogP contribution is -2.59. The summed E-state index contributed by atoms with van der Waals surface area (Å²) in [5, 5.41) is 69.4. The molecular weight excluding hydrogens is 504 g/mol. The Hall–Kier alpha value is -2.68. The Morgan fingerprint density at radius 1 is 0.895 bits per heavy atom. The third-order valence-electron chi connectivity index (χ3n) is 6.32. The van der Waals surface area contributed by atoms with E-state index in [9.17, 15) is 35.7 Å². The van der Waals surface area contributed by atoms with Gasteiger partial charge in [0.25, 0.3) is 0 Å². The molecule has 0 amide bonds. The first kappa shape index (κ1) is 29.9. The molecule has 0 saturated carbocycles. The van der Waals surface area contributed by atoms with Crippen molar-refractivity contribution in [2.45, 2.75) is 55.8 Å². The van der Waals surface area contributed by atoms with Crippen molar-refractivity contribution in [2.75, 3.05) is 34.0 Å². The second-order valence-corrected chi connectivity index (χ2v) is 8.87. The zero-order chi connectivity index (χ0) is 27.8. The summed E-state index contributed by atoms with van der Waals surface area (Å²) in [6, 6.07) is 9.52. The summed E-state index contributed by atoms with van der Waals surface area (Å²) in [4.78, 5) is 0. The molecule has 1 aliphatic heterocycles. The molecule has 3 rings (SSSR count). The molecule has 0 aliphatic carbocycles. The number of rotatable bonds is 13. The third-order valence-corrected chi connectivity index (χ3v) is 6.32. The van der Waals surface area contributed by atoms with Gasteiger partial charge < -0.3 is 59.4 Å². The molecule has 12 nitrogen and oxygen atoms in total. The normalized spacial score (nSPS) is 25.0. The second kappa shape index (κ2) is 13.9. The number of hydrogen-bond acceptors (Lipinski definition) is 12. The summed E-state index contributed by atoms with van der Waals surface area (Å²) >= 11 is 0. The summed E-state index contributed by atoms with van der Waals surface area (Å²) in [5.74, 6) is 0.778. The van der Waals surface area contributed by atoms with Gasteiger partial charge >= 0.3 is 0 Å². The van der Waals surface area contributed by atoms with Crippen LogP contribution in [0.15, 0.2) is 36.4 Å². The van der Waals surface area contributed by atoms with Crippen LogP contribution in [-0.4, -0.2) is 107 Å². The average molecular weight is 541 g/mol. The topological polar surface area (TPSA) is 188 Å². The van der Waals surface area contributed by atoms with E-state index >= 15 is 0 Å². The standard InChI is InChI=1S/C26H36O12/c1-34-18-11-15(6-7-16(18)29)22(30)20(12-27)37-17-8-5-14(10-19(17)35-2)4-3-9-36-26-25(33)24(32)23(31)21(13-28)38-26/h5-8,10-11,20-33H,3-4,9,12-13H2,1-2H3/t20-,21-,22-,23+,24+,25+,26+/m0/s1. The van der Waals surface area contributed by atoms with Crippen molar-refractivity contribution in [1.82, 2.24) is 0 Å². The maximum atomic E-state index is 10.8. The van der Waals surface area contributed by atoms with E-state index < -0.39 is 56.1 Å². The van der Waals surface area contributed by atoms with Crippen molar-refractivity contribution in [2.24, 2.45) is 0 Å². The van der Waals surface area contributed by atoms with Crippen LogP contribution in [0.25, 0.3) is 0 Å². The zero-order valence-electron chi connectivity index (χ0n) is 21.2. The predicted octanol–water partition coefficient (Wildman–Crippen LogP) is -0.368. The fourth-order valence-electron chi connectivity index (χ4n) is 4.10. The van der Waals surface area contributed by atoms with Crippen LogP contribution in [0.3, 0.4) is 0 Å². The van der Waals surface area contributed by atoms with E-state index in [0.717, 1.165) is 5.56 Å². The average Bonchev–Trinajstić information content (AvgIpc) is 2.94. The first-order valence-corrected chi connectivity index (χ1v) is 12.2. The van der Waals surface area contributed by atoms with E-state index in [1.807, 2.05) is 0 Å². The summed E-state index contributed by atoms with van der Waals surface area (Å²) in [5.41, 5.74) is 1.25. The van der Waals surface area contributed by atoms with Gasteiger partial charge in [-0.3, -0.25) is 0 Å². The molecule has 0 radical (unpaired) electrons. The predicted molar refractivity (Wildman–Crippen MR) is 132 cm³/mol. The van der Waals surface area contributed by atoms with Gasteiger partial charge in [0.05, 0.1) is 34.0 Å². The molecular formula is C26H36O12. The number of phenols is 1. The third kappa shape index (κ3) is 7.04. The van der Waals surface area contributed by atoms with Crippen LogP contribution in [-0.2, 0) is 15.9 Å². The van der Waals surface area contributed by atoms with Gasteiger partial charge in [-0.25, -0.2) is 0 Å². The molecule has 1 heterocycles. The number of aromatic hydroxyl groups is 1. The summed E-state index contributed by atoms with van der Waals surface area (Å²) in [6.07, 6.45) is -7.82. The first-order chi connectivity index (χ1) is 18.2. The van der Waals surface area contributed by atoms with Gasteiger partial charge in [-0.15, -0.1) is 0 Å². The number of ether oxygens (including phenoxy) is 5. The first-order valence-electron chi connectivity index (χ1n) is 12.2. The maximum absolute atomic E-state index is 10.8. The Bertz CT molecular complexity index is 1020. The highest BCUT2D eigenvalue weighted by atomic mass is 16.7. The van der Waals surface area contributed by atoms with E-state index in [1.165, 1.54) is 32.4 Å². The Labute approximate surface area is 220 Å². The van der Waals surface area contributed by atoms with Gasteiger partial charge in [0.15, 0.2) is 35.4 Å². The molecule has 38 heavy (non-hydrogen) atoms. The molecule has 7 N–H and O–H groups in total. The molecule has 212 valence electrons. The minimum Gasteiger partial charge on any atom is -0.504 e. The maximum Gasteiger partial charge on any atom is 0.186 e. The number of phenolic OH excluding ortho intramolecular Hbond substituents is 1. The lowest BCUT2D eigenvalue weighted by atomic mass is 9.99. The molecule has 1 saturated heterocycles. The van der Waals surface area contributed by atoms with Gasteiger partial charge in [-0.1, -0.05) is 12.1 Å². The molecule has 0 bridgehead atoms. The molecule has 7 atom stereocenters. The minimum atomic E-state index is -1.50. The molecule has 0 unspecified atom stereocenters. The highest BCUT2D eigenvalue weighted by Gasteiger charge is 2.43. The van der Waals surface area contributed by atoms with E-state index in [-0.39, 0.29) is 18.1 Å². The van der Waals surface area contributed by atoms with Crippen molar-refractivity contribution in [3.8, 4) is 23.0 Å². The highest BCUT2D eigenvalue weighted by Crippen LogP contribution is 2.34. The molecule has 2 aromatic rings. The van der Waals surface area contributed by atoms with Crippen LogP contribution in [0, 0.1) is 0 Å². The van der Waals surface area contributed by atoms with Gasteiger partial charge in [0, 0.05) is 0 Å². The van der Waals surface area contributed by atoms with E-state index in [4.69, 9.17) is 23.7 Å². The van der Waals surface area contributed by atoms with Crippen LogP contribution in [0.4, 0.5) is 0 Å². The van der Waals surface area contributed by atoms with Gasteiger partial charge in [-0.05, 0) is 48.2 Å². The molecule has 0 aromatic heterocycles. The van der Waals surface area contributed by atoms with Crippen molar-refractivity contribution >= 4 is 0 Å². The Balaban J connectivity index is 1.58. The molecule has 1 aliphatic rings. The van der Waals surface area contributed by atoms with Crippen LogP contribution >= 0.6 is 0 Å². The summed E-state index contributed by atoms with van der Waals surface area (Å²) in [7, 11) is 2.85.